The molecule has 5 heteroatoms. The Bertz CT molecular complexity index is 727. The summed E-state index contributed by atoms with van der Waals surface area (Å²) in [6.07, 6.45) is 0.979. The molecule has 0 saturated heterocycles. The van der Waals surface area contributed by atoms with Gasteiger partial charge < -0.3 is 19.1 Å². The molecule has 0 fully saturated rings. The van der Waals surface area contributed by atoms with Gasteiger partial charge >= 0.3 is 0 Å². The van der Waals surface area contributed by atoms with Gasteiger partial charge in [0.05, 0.1) is 13.7 Å². The first-order valence-corrected chi connectivity index (χ1v) is 8.49. The highest BCUT2D eigenvalue weighted by Gasteiger charge is 2.23. The van der Waals surface area contributed by atoms with E-state index in [0.29, 0.717) is 31.2 Å². The predicted molar refractivity (Wildman–Crippen MR) is 95.0 cm³/mol. The number of hydrogen-bond acceptors (Lipinski definition) is 4. The molecule has 3 rings (SSSR count). The highest BCUT2D eigenvalue weighted by molar-refractivity contribution is 5.79. The number of para-hydroxylation sites is 1. The Morgan fingerprint density at radius 3 is 2.68 bits per heavy atom. The first-order valence-electron chi connectivity index (χ1n) is 8.49. The first-order chi connectivity index (χ1) is 12.2. The molecular formula is C20H23NO4. The second-order valence-electron chi connectivity index (χ2n) is 5.98. The van der Waals surface area contributed by atoms with Gasteiger partial charge in [0.15, 0.2) is 18.1 Å². The number of ether oxygens (including phenoxy) is 3. The van der Waals surface area contributed by atoms with Crippen molar-refractivity contribution in [3.63, 3.8) is 0 Å². The summed E-state index contributed by atoms with van der Waals surface area (Å²) in [5.41, 5.74) is 2.01. The molecule has 0 aromatic heterocycles. The van der Waals surface area contributed by atoms with E-state index < -0.39 is 0 Å². The highest BCUT2D eigenvalue weighted by Crippen LogP contribution is 2.33. The van der Waals surface area contributed by atoms with Crippen LogP contribution in [0.25, 0.3) is 0 Å². The first kappa shape index (κ1) is 17.1. The number of nitrogens with zero attached hydrogens (tertiary/aromatic N) is 1. The third-order valence-electron chi connectivity index (χ3n) is 4.10. The molecule has 0 bridgehead atoms. The van der Waals surface area contributed by atoms with Gasteiger partial charge in [-0.2, -0.15) is 0 Å². The molecule has 1 aliphatic rings. The number of fused-ring (bicyclic) bond motifs is 1. The van der Waals surface area contributed by atoms with Crippen molar-refractivity contribution in [1.29, 1.82) is 0 Å². The largest absolute Gasteiger partial charge is 0.494 e. The summed E-state index contributed by atoms with van der Waals surface area (Å²) >= 11 is 0. The van der Waals surface area contributed by atoms with Crippen molar-refractivity contribution in [3.8, 4) is 17.2 Å². The maximum Gasteiger partial charge on any atom is 0.261 e. The summed E-state index contributed by atoms with van der Waals surface area (Å²) in [7, 11) is 1.60. The van der Waals surface area contributed by atoms with Gasteiger partial charge in [-0.3, -0.25) is 4.79 Å². The average molecular weight is 341 g/mol. The Hall–Kier alpha value is -2.69. The maximum atomic E-state index is 12.4. The van der Waals surface area contributed by atoms with Gasteiger partial charge in [-0.1, -0.05) is 31.2 Å². The van der Waals surface area contributed by atoms with E-state index in [1.807, 2.05) is 42.5 Å². The summed E-state index contributed by atoms with van der Waals surface area (Å²) in [6.45, 7) is 3.84. The average Bonchev–Trinajstić information content (AvgIpc) is 2.80. The van der Waals surface area contributed by atoms with Crippen LogP contribution in [0.1, 0.15) is 24.5 Å². The molecule has 0 N–H and O–H groups in total. The fourth-order valence-electron chi connectivity index (χ4n) is 2.80. The van der Waals surface area contributed by atoms with Crippen LogP contribution in [0.5, 0.6) is 17.2 Å². The molecule has 0 unspecified atom stereocenters. The molecule has 1 aliphatic heterocycles. The standard InChI is InChI=1S/C20H23NO4/c1-3-11-24-17-9-7-15(8-10-17)12-21-13-16-5-4-6-18(23-2)20(16)25-14-19(21)22/h4-10H,3,11-14H2,1-2H3. The van der Waals surface area contributed by atoms with Crippen molar-refractivity contribution in [2.45, 2.75) is 26.4 Å². The number of rotatable bonds is 6. The summed E-state index contributed by atoms with van der Waals surface area (Å²) < 4.78 is 16.6. The minimum atomic E-state index is -0.0374. The number of hydrogen-bond donors (Lipinski definition) is 0. The maximum absolute atomic E-state index is 12.4. The number of benzene rings is 2. The molecule has 0 saturated carbocycles. The molecule has 2 aromatic carbocycles. The number of methoxy groups -OCH3 is 1. The van der Waals surface area contributed by atoms with Gasteiger partial charge in [0.1, 0.15) is 5.75 Å². The third-order valence-corrected chi connectivity index (χ3v) is 4.10. The summed E-state index contributed by atoms with van der Waals surface area (Å²) in [4.78, 5) is 14.2. The summed E-state index contributed by atoms with van der Waals surface area (Å²) in [6, 6.07) is 13.6. The van der Waals surface area contributed by atoms with Crippen LogP contribution in [0.3, 0.4) is 0 Å². The fraction of sp³-hybridized carbons (Fsp3) is 0.350. The number of carbonyl (C=O) groups is 1. The van der Waals surface area contributed by atoms with Crippen LogP contribution in [0.2, 0.25) is 0 Å². The van der Waals surface area contributed by atoms with Gasteiger partial charge in [0.25, 0.3) is 5.91 Å². The van der Waals surface area contributed by atoms with E-state index >= 15 is 0 Å². The van der Waals surface area contributed by atoms with E-state index in [1.165, 1.54) is 0 Å². The molecule has 0 spiro atoms. The summed E-state index contributed by atoms with van der Waals surface area (Å²) in [5, 5.41) is 0. The minimum Gasteiger partial charge on any atom is -0.494 e. The third kappa shape index (κ3) is 4.05. The molecule has 5 nitrogen and oxygen atoms in total. The minimum absolute atomic E-state index is 0.0189. The Kier molecular flexibility index (Phi) is 5.43. The zero-order valence-corrected chi connectivity index (χ0v) is 14.7. The lowest BCUT2D eigenvalue weighted by Crippen LogP contribution is -2.31. The second kappa shape index (κ2) is 7.92. The molecule has 1 amide bonds. The Labute approximate surface area is 148 Å². The van der Waals surface area contributed by atoms with Crippen LogP contribution < -0.4 is 14.2 Å². The molecule has 25 heavy (non-hydrogen) atoms. The van der Waals surface area contributed by atoms with Crippen molar-refractivity contribution >= 4 is 5.91 Å². The van der Waals surface area contributed by atoms with Gasteiger partial charge in [-0.05, 0) is 30.2 Å². The van der Waals surface area contributed by atoms with E-state index in [1.54, 1.807) is 12.0 Å². The van der Waals surface area contributed by atoms with E-state index in [4.69, 9.17) is 14.2 Å². The molecule has 2 aromatic rings. The summed E-state index contributed by atoms with van der Waals surface area (Å²) in [5.74, 6) is 2.13. The molecule has 1 heterocycles. The molecule has 0 aliphatic carbocycles. The second-order valence-corrected chi connectivity index (χ2v) is 5.98. The van der Waals surface area contributed by atoms with E-state index in [-0.39, 0.29) is 12.5 Å². The fourth-order valence-corrected chi connectivity index (χ4v) is 2.80. The van der Waals surface area contributed by atoms with Crippen molar-refractivity contribution in [2.24, 2.45) is 0 Å². The van der Waals surface area contributed by atoms with Gasteiger partial charge in [-0.15, -0.1) is 0 Å². The van der Waals surface area contributed by atoms with Crippen LogP contribution in [0.4, 0.5) is 0 Å². The van der Waals surface area contributed by atoms with Crippen molar-refractivity contribution in [2.75, 3.05) is 20.3 Å². The van der Waals surface area contributed by atoms with Gasteiger partial charge in [-0.25, -0.2) is 0 Å². The zero-order valence-electron chi connectivity index (χ0n) is 14.7. The lowest BCUT2D eigenvalue weighted by Gasteiger charge is -2.20. The van der Waals surface area contributed by atoms with Gasteiger partial charge in [0, 0.05) is 18.7 Å². The monoisotopic (exact) mass is 341 g/mol. The molecule has 132 valence electrons. The lowest BCUT2D eigenvalue weighted by molar-refractivity contribution is -0.133. The Balaban J connectivity index is 1.74. The van der Waals surface area contributed by atoms with E-state index in [9.17, 15) is 4.79 Å². The number of carbonyl (C=O) groups excluding carboxylic acids is 1. The molecule has 0 atom stereocenters. The van der Waals surface area contributed by atoms with Crippen LogP contribution in [0.15, 0.2) is 42.5 Å². The topological polar surface area (TPSA) is 48.0 Å². The van der Waals surface area contributed by atoms with Crippen LogP contribution in [-0.4, -0.2) is 31.1 Å². The Morgan fingerprint density at radius 2 is 1.96 bits per heavy atom. The molecular weight excluding hydrogens is 318 g/mol. The normalized spacial score (nSPS) is 13.7. The van der Waals surface area contributed by atoms with E-state index in [2.05, 4.69) is 6.92 Å². The lowest BCUT2D eigenvalue weighted by atomic mass is 10.1. The quantitative estimate of drug-likeness (QED) is 0.808. The Morgan fingerprint density at radius 1 is 1.16 bits per heavy atom. The predicted octanol–water partition coefficient (Wildman–Crippen LogP) is 3.41. The van der Waals surface area contributed by atoms with Crippen molar-refractivity contribution in [3.05, 3.63) is 53.6 Å². The van der Waals surface area contributed by atoms with E-state index in [0.717, 1.165) is 23.3 Å². The van der Waals surface area contributed by atoms with Crippen molar-refractivity contribution in [1.82, 2.24) is 4.90 Å². The number of amides is 1. The van der Waals surface area contributed by atoms with Crippen molar-refractivity contribution < 1.29 is 19.0 Å². The van der Waals surface area contributed by atoms with Gasteiger partial charge in [0.2, 0.25) is 0 Å². The van der Waals surface area contributed by atoms with Crippen LogP contribution >= 0.6 is 0 Å². The highest BCUT2D eigenvalue weighted by atomic mass is 16.5. The van der Waals surface area contributed by atoms with Crippen LogP contribution in [-0.2, 0) is 17.9 Å². The SMILES string of the molecule is CCCOc1ccc(CN2Cc3cccc(OC)c3OCC2=O)cc1. The smallest absolute Gasteiger partial charge is 0.261 e. The molecule has 0 radical (unpaired) electrons. The van der Waals surface area contributed by atoms with Crippen LogP contribution in [0, 0.1) is 0 Å². The zero-order chi connectivity index (χ0) is 17.6.